The summed E-state index contributed by atoms with van der Waals surface area (Å²) in [7, 11) is 0. The Morgan fingerprint density at radius 3 is 1.58 bits per heavy atom. The lowest BCUT2D eigenvalue weighted by molar-refractivity contribution is -0.146. The maximum Gasteiger partial charge on any atom is 0.248 e. The van der Waals surface area contributed by atoms with Crippen LogP contribution in [-0.4, -0.2) is 28.7 Å². The Morgan fingerprint density at radius 2 is 1.10 bits per heavy atom. The van der Waals surface area contributed by atoms with Crippen molar-refractivity contribution in [3.63, 3.8) is 0 Å². The van der Waals surface area contributed by atoms with E-state index in [0.29, 0.717) is 44.5 Å². The van der Waals surface area contributed by atoms with Crippen molar-refractivity contribution in [2.75, 3.05) is 5.32 Å². The van der Waals surface area contributed by atoms with E-state index in [2.05, 4.69) is 5.32 Å². The number of likely N-dealkylation sites (tertiary alicyclic amines) is 1. The van der Waals surface area contributed by atoms with Gasteiger partial charge in [-0.05, 0) is 76.3 Å². The van der Waals surface area contributed by atoms with E-state index in [1.807, 2.05) is 78.9 Å². The molecule has 2 bridgehead atoms. The topological polar surface area (TPSA) is 75.7 Å². The third-order valence-electron chi connectivity index (χ3n) is 9.68. The molecule has 0 unspecified atom stereocenters. The van der Waals surface area contributed by atoms with Gasteiger partial charge >= 0.3 is 0 Å². The molecule has 1 aliphatic heterocycles. The van der Waals surface area contributed by atoms with Gasteiger partial charge in [-0.25, -0.2) is 0 Å². The molecule has 1 fully saturated rings. The maximum atomic E-state index is 14.7. The van der Waals surface area contributed by atoms with E-state index in [9.17, 15) is 14.4 Å². The van der Waals surface area contributed by atoms with Crippen molar-refractivity contribution in [1.82, 2.24) is 4.90 Å². The average molecular weight is 694 g/mol. The lowest BCUT2D eigenvalue weighted by Gasteiger charge is -2.54. The van der Waals surface area contributed by atoms with Crippen LogP contribution in [0.1, 0.15) is 27.8 Å². The normalized spacial score (nSPS) is 24.0. The van der Waals surface area contributed by atoms with Gasteiger partial charge in [0, 0.05) is 17.1 Å². The van der Waals surface area contributed by atoms with Crippen molar-refractivity contribution in [3.05, 3.63) is 160 Å². The third-order valence-corrected chi connectivity index (χ3v) is 11.2. The Kier molecular flexibility index (Phi) is 7.37. The Hall–Kier alpha value is -4.62. The first-order chi connectivity index (χ1) is 23.2. The molecular weight excluding hydrogens is 667 g/mol. The number of nitrogens with zero attached hydrogens (tertiary/aromatic N) is 1. The number of ether oxygens (including phenoxy) is 1. The molecule has 3 amide bonds. The van der Waals surface area contributed by atoms with Crippen LogP contribution in [0.4, 0.5) is 5.69 Å². The summed E-state index contributed by atoms with van der Waals surface area (Å²) in [5.74, 6) is -2.40. The fourth-order valence-corrected chi connectivity index (χ4v) is 8.83. The van der Waals surface area contributed by atoms with Gasteiger partial charge in [0.1, 0.15) is 27.3 Å². The minimum absolute atomic E-state index is 0.103. The number of amides is 3. The van der Waals surface area contributed by atoms with Gasteiger partial charge in [0.25, 0.3) is 0 Å². The smallest absolute Gasteiger partial charge is 0.248 e. The number of hydrogen-bond donors (Lipinski definition) is 1. The molecule has 3 aliphatic carbocycles. The van der Waals surface area contributed by atoms with Gasteiger partial charge in [-0.15, -0.1) is 23.2 Å². The Balaban J connectivity index is 1.15. The molecule has 0 saturated carbocycles. The molecule has 5 aromatic carbocycles. The van der Waals surface area contributed by atoms with E-state index in [0.717, 1.165) is 10.5 Å². The molecule has 1 heterocycles. The number of imide groups is 1. The van der Waals surface area contributed by atoms with Crippen LogP contribution in [0.15, 0.2) is 127 Å². The number of hydrogen-bond acceptors (Lipinski definition) is 4. The molecule has 238 valence electrons. The monoisotopic (exact) mass is 692 g/mol. The largest absolute Gasteiger partial charge is 0.457 e. The van der Waals surface area contributed by atoms with Crippen LogP contribution in [0.25, 0.3) is 0 Å². The van der Waals surface area contributed by atoms with Crippen LogP contribution in [0.5, 0.6) is 11.5 Å². The van der Waals surface area contributed by atoms with E-state index in [-0.39, 0.29) is 6.42 Å². The Morgan fingerprint density at radius 1 is 0.667 bits per heavy atom. The zero-order valence-corrected chi connectivity index (χ0v) is 27.5. The summed E-state index contributed by atoms with van der Waals surface area (Å²) >= 11 is 21.2. The number of halogens is 3. The highest BCUT2D eigenvalue weighted by Gasteiger charge is 2.73. The first-order valence-electron chi connectivity index (χ1n) is 15.5. The fraction of sp³-hybridized carbons (Fsp3) is 0.154. The van der Waals surface area contributed by atoms with Crippen molar-refractivity contribution >= 4 is 58.2 Å². The second-order valence-electron chi connectivity index (χ2n) is 12.3. The number of carbonyl (C=O) groups is 3. The molecule has 4 aliphatic rings. The van der Waals surface area contributed by atoms with E-state index in [1.165, 1.54) is 0 Å². The molecule has 0 aromatic heterocycles. The third kappa shape index (κ3) is 4.58. The minimum atomic E-state index is -1.34. The van der Waals surface area contributed by atoms with Gasteiger partial charge in [-0.1, -0.05) is 90.5 Å². The van der Waals surface area contributed by atoms with Gasteiger partial charge in [0.05, 0.1) is 11.8 Å². The van der Waals surface area contributed by atoms with Crippen molar-refractivity contribution in [2.24, 2.45) is 11.8 Å². The molecule has 9 rings (SSSR count). The molecule has 3 atom stereocenters. The predicted octanol–water partition coefficient (Wildman–Crippen LogP) is 8.28. The zero-order chi connectivity index (χ0) is 33.2. The lowest BCUT2D eigenvalue weighted by atomic mass is 9.54. The van der Waals surface area contributed by atoms with Crippen LogP contribution in [0.2, 0.25) is 5.02 Å². The molecule has 0 spiro atoms. The predicted molar refractivity (Wildman–Crippen MR) is 186 cm³/mol. The lowest BCUT2D eigenvalue weighted by Crippen LogP contribution is -2.57. The SMILES string of the molecule is O=C(Nc1ccc(Oc2ccc(Cl)cc2)cc1)[C@H](Cc1ccccc1)N1C(=O)[C@@H]2[C@@H](C1=O)C1(Cl)c3ccccc3C2(Cl)c2ccccc21. The molecule has 1 saturated heterocycles. The number of nitrogens with one attached hydrogen (secondary N) is 1. The van der Waals surface area contributed by atoms with E-state index < -0.39 is 45.3 Å². The van der Waals surface area contributed by atoms with Crippen LogP contribution in [-0.2, 0) is 30.6 Å². The molecule has 0 radical (unpaired) electrons. The Bertz CT molecular complexity index is 1960. The van der Waals surface area contributed by atoms with Crippen molar-refractivity contribution in [3.8, 4) is 11.5 Å². The van der Waals surface area contributed by atoms with E-state index >= 15 is 0 Å². The van der Waals surface area contributed by atoms with Crippen LogP contribution >= 0.6 is 34.8 Å². The molecule has 6 nitrogen and oxygen atoms in total. The second-order valence-corrected chi connectivity index (χ2v) is 13.9. The highest BCUT2D eigenvalue weighted by Crippen LogP contribution is 2.69. The van der Waals surface area contributed by atoms with Gasteiger partial charge in [-0.2, -0.15) is 0 Å². The van der Waals surface area contributed by atoms with Crippen molar-refractivity contribution < 1.29 is 19.1 Å². The second kappa shape index (κ2) is 11.5. The summed E-state index contributed by atoms with van der Waals surface area (Å²) in [6.45, 7) is 0. The van der Waals surface area contributed by atoms with Crippen molar-refractivity contribution in [1.29, 1.82) is 0 Å². The number of alkyl halides is 2. The zero-order valence-electron chi connectivity index (χ0n) is 25.3. The van der Waals surface area contributed by atoms with Gasteiger partial charge in [0.15, 0.2) is 0 Å². The Labute approximate surface area is 292 Å². The molecule has 48 heavy (non-hydrogen) atoms. The summed E-state index contributed by atoms with van der Waals surface area (Å²) in [4.78, 5) is 42.0. The highest BCUT2D eigenvalue weighted by atomic mass is 35.5. The van der Waals surface area contributed by atoms with Gasteiger partial charge < -0.3 is 10.1 Å². The van der Waals surface area contributed by atoms with Crippen LogP contribution < -0.4 is 10.1 Å². The van der Waals surface area contributed by atoms with Crippen LogP contribution in [0, 0.1) is 11.8 Å². The molecule has 5 aromatic rings. The van der Waals surface area contributed by atoms with E-state index in [4.69, 9.17) is 39.5 Å². The minimum Gasteiger partial charge on any atom is -0.457 e. The quantitative estimate of drug-likeness (QED) is 0.138. The van der Waals surface area contributed by atoms with Gasteiger partial charge in [0.2, 0.25) is 17.7 Å². The van der Waals surface area contributed by atoms with Crippen LogP contribution in [0.3, 0.4) is 0 Å². The standard InChI is InChI=1S/C39H27Cl3N2O4/c40-24-14-18-26(19-15-24)48-27-20-16-25(17-21-27)43-35(45)32(22-23-8-2-1-3-9-23)44-36(46)33-34(37(44)47)39(42)29-11-5-4-10-28(29)38(33,41)30-12-6-7-13-31(30)39/h1-21,32-34H,22H2,(H,43,45)/t32-,33-,34-,38?,39?/m0/s1. The van der Waals surface area contributed by atoms with Crippen molar-refractivity contribution in [2.45, 2.75) is 22.2 Å². The number of carbonyl (C=O) groups excluding carboxylic acids is 3. The summed E-state index contributed by atoms with van der Waals surface area (Å²) in [6.07, 6.45) is 0.103. The fourth-order valence-electron chi connectivity index (χ4n) is 7.61. The first-order valence-corrected chi connectivity index (χ1v) is 16.7. The molecule has 9 heteroatoms. The maximum absolute atomic E-state index is 14.7. The average Bonchev–Trinajstić information content (AvgIpc) is 3.38. The number of benzene rings is 5. The number of rotatable bonds is 7. The summed E-state index contributed by atoms with van der Waals surface area (Å²) in [5.41, 5.74) is 4.07. The number of anilines is 1. The van der Waals surface area contributed by atoms with Gasteiger partial charge in [-0.3, -0.25) is 19.3 Å². The summed E-state index contributed by atoms with van der Waals surface area (Å²) < 4.78 is 5.89. The van der Waals surface area contributed by atoms with E-state index in [1.54, 1.807) is 48.5 Å². The summed E-state index contributed by atoms with van der Waals surface area (Å²) in [5, 5.41) is 3.53. The first kappa shape index (κ1) is 30.7. The molecular formula is C39H27Cl3N2O4. The summed E-state index contributed by atoms with van der Waals surface area (Å²) in [6, 6.07) is 36.9. The molecule has 1 N–H and O–H groups in total. The highest BCUT2D eigenvalue weighted by molar-refractivity contribution is 6.36.